The van der Waals surface area contributed by atoms with Gasteiger partial charge in [-0.05, 0) is 56.3 Å². The van der Waals surface area contributed by atoms with Crippen LogP contribution in [0.3, 0.4) is 0 Å². The summed E-state index contributed by atoms with van der Waals surface area (Å²) >= 11 is 0. The molecule has 4 atom stereocenters. The van der Waals surface area contributed by atoms with Gasteiger partial charge in [0.2, 0.25) is 0 Å². The number of hydrogen-bond donors (Lipinski definition) is 0. The van der Waals surface area contributed by atoms with Crippen molar-refractivity contribution in [2.45, 2.75) is 103 Å². The molecule has 0 heterocycles. The molecule has 0 N–H and O–H groups in total. The first kappa shape index (κ1) is 17.3. The van der Waals surface area contributed by atoms with E-state index in [1.807, 2.05) is 0 Å². The van der Waals surface area contributed by atoms with Crippen LogP contribution in [0.1, 0.15) is 97.3 Å². The van der Waals surface area contributed by atoms with E-state index in [0.29, 0.717) is 6.10 Å². The molecule has 1 nitrogen and oxygen atoms in total. The van der Waals surface area contributed by atoms with Crippen molar-refractivity contribution in [1.82, 2.24) is 0 Å². The van der Waals surface area contributed by atoms with Gasteiger partial charge >= 0.3 is 0 Å². The van der Waals surface area contributed by atoms with Gasteiger partial charge in [-0.25, -0.2) is 0 Å². The van der Waals surface area contributed by atoms with Crippen LogP contribution in [0.2, 0.25) is 0 Å². The van der Waals surface area contributed by atoms with Crippen LogP contribution in [0, 0.1) is 17.8 Å². The van der Waals surface area contributed by atoms with Crippen LogP contribution >= 0.6 is 0 Å². The summed E-state index contributed by atoms with van der Waals surface area (Å²) in [5, 5.41) is 0. The van der Waals surface area contributed by atoms with E-state index in [9.17, 15) is 0 Å². The number of unbranched alkanes of at least 4 members (excludes halogenated alkanes) is 4. The van der Waals surface area contributed by atoms with Crippen molar-refractivity contribution in [3.8, 4) is 0 Å². The largest absolute Gasteiger partial charge is 0.378 e. The standard InChI is InChI=1S/C20H38O/c1-3-5-7-9-17-10-11-19-16-20(13-12-18(19)15-17)21-14-8-6-4-2/h17-20H,3-16H2,1-2H3. The van der Waals surface area contributed by atoms with Gasteiger partial charge in [-0.2, -0.15) is 0 Å². The molecule has 0 aromatic heterocycles. The zero-order chi connectivity index (χ0) is 14.9. The second-order valence-corrected chi connectivity index (χ2v) is 7.71. The molecule has 0 bridgehead atoms. The van der Waals surface area contributed by atoms with Crippen LogP contribution < -0.4 is 0 Å². The number of hydrogen-bond acceptors (Lipinski definition) is 1. The van der Waals surface area contributed by atoms with Crippen LogP contribution in [0.5, 0.6) is 0 Å². The maximum atomic E-state index is 6.14. The first-order valence-corrected chi connectivity index (χ1v) is 9.95. The monoisotopic (exact) mass is 294 g/mol. The van der Waals surface area contributed by atoms with Gasteiger partial charge in [0.15, 0.2) is 0 Å². The van der Waals surface area contributed by atoms with Gasteiger partial charge in [0.05, 0.1) is 6.10 Å². The maximum Gasteiger partial charge on any atom is 0.0578 e. The number of rotatable bonds is 9. The summed E-state index contributed by atoms with van der Waals surface area (Å²) in [6.45, 7) is 5.60. The van der Waals surface area contributed by atoms with Gasteiger partial charge < -0.3 is 4.74 Å². The molecular formula is C20H38O. The van der Waals surface area contributed by atoms with Gasteiger partial charge in [-0.15, -0.1) is 0 Å². The minimum atomic E-state index is 0.597. The third kappa shape index (κ3) is 5.93. The molecule has 2 aliphatic rings. The van der Waals surface area contributed by atoms with E-state index in [1.54, 1.807) is 0 Å². The van der Waals surface area contributed by atoms with E-state index in [1.165, 1.54) is 83.5 Å². The van der Waals surface area contributed by atoms with Crippen LogP contribution in [-0.2, 0) is 4.74 Å². The predicted molar refractivity (Wildman–Crippen MR) is 91.6 cm³/mol. The summed E-state index contributed by atoms with van der Waals surface area (Å²) < 4.78 is 6.14. The number of ether oxygens (including phenoxy) is 1. The third-order valence-corrected chi connectivity index (χ3v) is 5.99. The Morgan fingerprint density at radius 2 is 1.48 bits per heavy atom. The molecule has 0 aliphatic heterocycles. The van der Waals surface area contributed by atoms with E-state index >= 15 is 0 Å². The third-order valence-electron chi connectivity index (χ3n) is 5.99. The summed E-state index contributed by atoms with van der Waals surface area (Å²) in [6.07, 6.45) is 19.0. The topological polar surface area (TPSA) is 9.23 Å². The van der Waals surface area contributed by atoms with Crippen molar-refractivity contribution in [2.24, 2.45) is 17.8 Å². The Kier molecular flexibility index (Phi) is 8.14. The minimum absolute atomic E-state index is 0.597. The molecule has 0 radical (unpaired) electrons. The molecular weight excluding hydrogens is 256 g/mol. The fourth-order valence-electron chi connectivity index (χ4n) is 4.64. The Balaban J connectivity index is 1.63. The smallest absolute Gasteiger partial charge is 0.0578 e. The average molecular weight is 295 g/mol. The second-order valence-electron chi connectivity index (χ2n) is 7.71. The van der Waals surface area contributed by atoms with Crippen LogP contribution in [0.25, 0.3) is 0 Å². The highest BCUT2D eigenvalue weighted by atomic mass is 16.5. The predicted octanol–water partition coefficient (Wildman–Crippen LogP) is 6.36. The molecule has 21 heavy (non-hydrogen) atoms. The fraction of sp³-hybridized carbons (Fsp3) is 1.00. The molecule has 0 saturated heterocycles. The highest BCUT2D eigenvalue weighted by molar-refractivity contribution is 4.86. The Hall–Kier alpha value is -0.0400. The van der Waals surface area contributed by atoms with Crippen LogP contribution in [0.4, 0.5) is 0 Å². The Morgan fingerprint density at radius 1 is 0.762 bits per heavy atom. The lowest BCUT2D eigenvalue weighted by Gasteiger charge is -2.42. The van der Waals surface area contributed by atoms with Crippen molar-refractivity contribution in [3.05, 3.63) is 0 Å². The molecule has 124 valence electrons. The molecule has 0 aromatic carbocycles. The fourth-order valence-corrected chi connectivity index (χ4v) is 4.64. The van der Waals surface area contributed by atoms with Crippen molar-refractivity contribution in [1.29, 1.82) is 0 Å². The summed E-state index contributed by atoms with van der Waals surface area (Å²) in [6, 6.07) is 0. The molecule has 2 rings (SSSR count). The first-order chi connectivity index (χ1) is 10.3. The summed E-state index contributed by atoms with van der Waals surface area (Å²) in [5.41, 5.74) is 0. The minimum Gasteiger partial charge on any atom is -0.378 e. The van der Waals surface area contributed by atoms with Gasteiger partial charge in [-0.1, -0.05) is 58.8 Å². The lowest BCUT2D eigenvalue weighted by molar-refractivity contribution is -0.0209. The van der Waals surface area contributed by atoms with Crippen molar-refractivity contribution in [3.63, 3.8) is 0 Å². The normalized spacial score (nSPS) is 32.9. The highest BCUT2D eigenvalue weighted by Crippen LogP contribution is 2.44. The van der Waals surface area contributed by atoms with Crippen LogP contribution in [-0.4, -0.2) is 12.7 Å². The SMILES string of the molecule is CCCCCOC1CCC2CC(CCCCC)CCC2C1. The van der Waals surface area contributed by atoms with E-state index in [4.69, 9.17) is 4.74 Å². The van der Waals surface area contributed by atoms with E-state index in [-0.39, 0.29) is 0 Å². The van der Waals surface area contributed by atoms with E-state index in [2.05, 4.69) is 13.8 Å². The molecule has 1 heteroatoms. The maximum absolute atomic E-state index is 6.14. The zero-order valence-electron chi connectivity index (χ0n) is 14.6. The number of fused-ring (bicyclic) bond motifs is 1. The first-order valence-electron chi connectivity index (χ1n) is 9.95. The molecule has 2 fully saturated rings. The van der Waals surface area contributed by atoms with Gasteiger partial charge in [0, 0.05) is 6.61 Å². The van der Waals surface area contributed by atoms with E-state index in [0.717, 1.165) is 24.4 Å². The molecule has 2 saturated carbocycles. The molecule has 0 aromatic rings. The average Bonchev–Trinajstić information content (AvgIpc) is 2.52. The lowest BCUT2D eigenvalue weighted by atomic mass is 9.66. The van der Waals surface area contributed by atoms with Crippen LogP contribution in [0.15, 0.2) is 0 Å². The molecule has 0 amide bonds. The van der Waals surface area contributed by atoms with Crippen molar-refractivity contribution in [2.75, 3.05) is 6.61 Å². The van der Waals surface area contributed by atoms with Gasteiger partial charge in [-0.3, -0.25) is 0 Å². The molecule has 4 unspecified atom stereocenters. The van der Waals surface area contributed by atoms with E-state index < -0.39 is 0 Å². The summed E-state index contributed by atoms with van der Waals surface area (Å²) in [5.74, 6) is 3.10. The van der Waals surface area contributed by atoms with Gasteiger partial charge in [0.1, 0.15) is 0 Å². The quantitative estimate of drug-likeness (QED) is 0.450. The van der Waals surface area contributed by atoms with Crippen molar-refractivity contribution < 1.29 is 4.74 Å². The summed E-state index contributed by atoms with van der Waals surface area (Å²) in [4.78, 5) is 0. The Labute approximate surface area is 133 Å². The van der Waals surface area contributed by atoms with Crippen molar-refractivity contribution >= 4 is 0 Å². The molecule has 0 spiro atoms. The van der Waals surface area contributed by atoms with Gasteiger partial charge in [0.25, 0.3) is 0 Å². The highest BCUT2D eigenvalue weighted by Gasteiger charge is 2.35. The summed E-state index contributed by atoms with van der Waals surface area (Å²) in [7, 11) is 0. The Morgan fingerprint density at radius 3 is 2.29 bits per heavy atom. The zero-order valence-corrected chi connectivity index (χ0v) is 14.6. The second kappa shape index (κ2) is 9.87. The Bertz CT molecular complexity index is 263. The lowest BCUT2D eigenvalue weighted by Crippen LogP contribution is -2.34. The molecule has 2 aliphatic carbocycles.